The first kappa shape index (κ1) is 8.72. The zero-order chi connectivity index (χ0) is 9.87. The van der Waals surface area contributed by atoms with Crippen LogP contribution in [0.2, 0.25) is 0 Å². The number of ether oxygens (including phenoxy) is 2. The Morgan fingerprint density at radius 2 is 2.21 bits per heavy atom. The van der Waals surface area contributed by atoms with Crippen molar-refractivity contribution in [2.75, 3.05) is 0 Å². The molecule has 1 aliphatic heterocycles. The van der Waals surface area contributed by atoms with Crippen molar-refractivity contribution in [2.45, 2.75) is 45.0 Å². The average Bonchev–Trinajstić information content (AvgIpc) is 2.67. The molecular formula is C11H16O3. The van der Waals surface area contributed by atoms with Gasteiger partial charge < -0.3 is 9.47 Å². The molecule has 0 amide bonds. The Labute approximate surface area is 83.8 Å². The number of fused-ring (bicyclic) bond motifs is 1. The van der Waals surface area contributed by atoms with Gasteiger partial charge in [0.2, 0.25) is 0 Å². The molecule has 3 fully saturated rings. The minimum absolute atomic E-state index is 0.0253. The predicted octanol–water partition coefficient (Wildman–Crippen LogP) is 1.36. The van der Waals surface area contributed by atoms with Crippen LogP contribution in [0.15, 0.2) is 0 Å². The molecule has 78 valence electrons. The largest absolute Gasteiger partial charge is 0.459 e. The van der Waals surface area contributed by atoms with Crippen molar-refractivity contribution in [3.63, 3.8) is 0 Å². The third kappa shape index (κ3) is 0.991. The van der Waals surface area contributed by atoms with E-state index in [1.807, 2.05) is 13.8 Å². The zero-order valence-electron chi connectivity index (χ0n) is 8.60. The summed E-state index contributed by atoms with van der Waals surface area (Å²) in [5.41, 5.74) is 0. The molecule has 2 bridgehead atoms. The first-order valence-electron chi connectivity index (χ1n) is 5.53. The van der Waals surface area contributed by atoms with Crippen molar-refractivity contribution in [3.05, 3.63) is 0 Å². The summed E-state index contributed by atoms with van der Waals surface area (Å²) in [4.78, 5) is 11.4. The van der Waals surface area contributed by atoms with Crippen LogP contribution < -0.4 is 0 Å². The van der Waals surface area contributed by atoms with E-state index in [2.05, 4.69) is 0 Å². The summed E-state index contributed by atoms with van der Waals surface area (Å²) in [7, 11) is 0. The minimum atomic E-state index is 0.0253. The highest BCUT2D eigenvalue weighted by Crippen LogP contribution is 2.55. The maximum Gasteiger partial charge on any atom is 0.309 e. The van der Waals surface area contributed by atoms with E-state index in [-0.39, 0.29) is 30.2 Å². The Kier molecular flexibility index (Phi) is 1.69. The number of carbonyl (C=O) groups excluding carboxylic acids is 1. The van der Waals surface area contributed by atoms with Crippen molar-refractivity contribution in [2.24, 2.45) is 17.8 Å². The second kappa shape index (κ2) is 2.72. The summed E-state index contributed by atoms with van der Waals surface area (Å²) in [5.74, 6) is 1.27. The van der Waals surface area contributed by atoms with E-state index in [0.29, 0.717) is 11.8 Å². The number of rotatable bonds is 2. The molecule has 14 heavy (non-hydrogen) atoms. The topological polar surface area (TPSA) is 35.5 Å². The van der Waals surface area contributed by atoms with Crippen LogP contribution in [0.4, 0.5) is 0 Å². The Bertz CT molecular complexity index is 274. The van der Waals surface area contributed by atoms with Crippen LogP contribution in [0.25, 0.3) is 0 Å². The van der Waals surface area contributed by atoms with Crippen LogP contribution in [-0.4, -0.2) is 24.3 Å². The molecule has 1 heterocycles. The van der Waals surface area contributed by atoms with Crippen molar-refractivity contribution in [1.29, 1.82) is 0 Å². The van der Waals surface area contributed by atoms with E-state index in [1.54, 1.807) is 0 Å². The summed E-state index contributed by atoms with van der Waals surface area (Å²) in [6.07, 6.45) is 2.63. The molecule has 0 aromatic rings. The van der Waals surface area contributed by atoms with Gasteiger partial charge in [-0.25, -0.2) is 0 Å². The molecule has 3 rings (SSSR count). The lowest BCUT2D eigenvalue weighted by atomic mass is 9.88. The smallest absolute Gasteiger partial charge is 0.309 e. The highest BCUT2D eigenvalue weighted by atomic mass is 16.6. The van der Waals surface area contributed by atoms with Gasteiger partial charge in [0.15, 0.2) is 0 Å². The minimum Gasteiger partial charge on any atom is -0.459 e. The van der Waals surface area contributed by atoms with E-state index >= 15 is 0 Å². The van der Waals surface area contributed by atoms with Crippen LogP contribution in [0.5, 0.6) is 0 Å². The van der Waals surface area contributed by atoms with Gasteiger partial charge in [-0.05, 0) is 32.6 Å². The second-order valence-corrected chi connectivity index (χ2v) is 5.05. The number of hydrogen-bond acceptors (Lipinski definition) is 3. The van der Waals surface area contributed by atoms with E-state index < -0.39 is 0 Å². The lowest BCUT2D eigenvalue weighted by Crippen LogP contribution is -2.35. The highest BCUT2D eigenvalue weighted by molar-refractivity contribution is 5.76. The molecular weight excluding hydrogens is 180 g/mol. The quantitative estimate of drug-likeness (QED) is 0.625. The van der Waals surface area contributed by atoms with Crippen LogP contribution in [0.3, 0.4) is 0 Å². The van der Waals surface area contributed by atoms with Gasteiger partial charge in [0.1, 0.15) is 6.10 Å². The molecule has 2 saturated carbocycles. The van der Waals surface area contributed by atoms with Gasteiger partial charge in [-0.15, -0.1) is 0 Å². The molecule has 2 aliphatic carbocycles. The van der Waals surface area contributed by atoms with Crippen molar-refractivity contribution < 1.29 is 14.3 Å². The van der Waals surface area contributed by atoms with Gasteiger partial charge in [0.25, 0.3) is 0 Å². The Morgan fingerprint density at radius 1 is 1.43 bits per heavy atom. The molecule has 5 atom stereocenters. The van der Waals surface area contributed by atoms with Gasteiger partial charge in [0, 0.05) is 5.92 Å². The molecule has 0 N–H and O–H groups in total. The summed E-state index contributed by atoms with van der Waals surface area (Å²) in [6, 6.07) is 0. The molecule has 0 aromatic carbocycles. The summed E-state index contributed by atoms with van der Waals surface area (Å²) in [6.45, 7) is 4.08. The van der Waals surface area contributed by atoms with Gasteiger partial charge in [-0.3, -0.25) is 4.79 Å². The fraction of sp³-hybridized carbons (Fsp3) is 0.909. The average molecular weight is 196 g/mol. The van der Waals surface area contributed by atoms with Crippen LogP contribution in [0.1, 0.15) is 26.7 Å². The molecule has 0 radical (unpaired) electrons. The van der Waals surface area contributed by atoms with Gasteiger partial charge in [-0.1, -0.05) is 0 Å². The standard InChI is InChI=1S/C11H16O3/c1-5(2)13-9-6-3-7-8(4-6)11(12)14-10(7)9/h5-10H,3-4H2,1-2H3. The fourth-order valence-electron chi connectivity index (χ4n) is 3.40. The Balaban J connectivity index is 1.82. The summed E-state index contributed by atoms with van der Waals surface area (Å²) >= 11 is 0. The molecule has 0 aromatic heterocycles. The lowest BCUT2D eigenvalue weighted by Gasteiger charge is -2.27. The predicted molar refractivity (Wildman–Crippen MR) is 49.6 cm³/mol. The van der Waals surface area contributed by atoms with E-state index in [1.165, 1.54) is 0 Å². The maximum absolute atomic E-state index is 11.4. The van der Waals surface area contributed by atoms with Crippen LogP contribution >= 0.6 is 0 Å². The lowest BCUT2D eigenvalue weighted by molar-refractivity contribution is -0.148. The van der Waals surface area contributed by atoms with Gasteiger partial charge in [-0.2, -0.15) is 0 Å². The highest BCUT2D eigenvalue weighted by Gasteiger charge is 2.62. The normalized spacial score (nSPS) is 49.1. The van der Waals surface area contributed by atoms with Crippen molar-refractivity contribution >= 4 is 5.97 Å². The number of carbonyl (C=O) groups is 1. The fourth-order valence-corrected chi connectivity index (χ4v) is 3.40. The Morgan fingerprint density at radius 3 is 2.93 bits per heavy atom. The first-order chi connectivity index (χ1) is 6.66. The van der Waals surface area contributed by atoms with Gasteiger partial charge in [0.05, 0.1) is 18.1 Å². The monoisotopic (exact) mass is 196 g/mol. The van der Waals surface area contributed by atoms with E-state index in [4.69, 9.17) is 9.47 Å². The molecule has 1 saturated heterocycles. The second-order valence-electron chi connectivity index (χ2n) is 5.05. The summed E-state index contributed by atoms with van der Waals surface area (Å²) in [5, 5.41) is 0. The van der Waals surface area contributed by atoms with Crippen LogP contribution in [-0.2, 0) is 14.3 Å². The molecule has 3 nitrogen and oxygen atoms in total. The maximum atomic E-state index is 11.4. The van der Waals surface area contributed by atoms with E-state index in [0.717, 1.165) is 12.8 Å². The number of esters is 1. The van der Waals surface area contributed by atoms with Crippen molar-refractivity contribution in [3.8, 4) is 0 Å². The molecule has 3 heteroatoms. The van der Waals surface area contributed by atoms with Gasteiger partial charge >= 0.3 is 5.97 Å². The third-order valence-electron chi connectivity index (χ3n) is 3.84. The molecule has 0 spiro atoms. The summed E-state index contributed by atoms with van der Waals surface area (Å²) < 4.78 is 11.2. The number of hydrogen-bond donors (Lipinski definition) is 0. The van der Waals surface area contributed by atoms with Crippen LogP contribution in [0, 0.1) is 17.8 Å². The first-order valence-corrected chi connectivity index (χ1v) is 5.53. The zero-order valence-corrected chi connectivity index (χ0v) is 8.60. The Hall–Kier alpha value is -0.570. The molecule has 3 aliphatic rings. The van der Waals surface area contributed by atoms with Crippen molar-refractivity contribution in [1.82, 2.24) is 0 Å². The third-order valence-corrected chi connectivity index (χ3v) is 3.84. The molecule has 5 unspecified atom stereocenters. The SMILES string of the molecule is CC(C)OC1C2CC3C(=O)OC1C3C2. The van der Waals surface area contributed by atoms with E-state index in [9.17, 15) is 4.79 Å².